The molecule has 0 bridgehead atoms. The Hall–Kier alpha value is -2.04. The molecule has 106 valence electrons. The van der Waals surface area contributed by atoms with Crippen LogP contribution in [0.1, 0.15) is 5.01 Å². The van der Waals surface area contributed by atoms with E-state index in [0.717, 1.165) is 10.7 Å². The van der Waals surface area contributed by atoms with Crippen LogP contribution in [0.15, 0.2) is 15.8 Å². The van der Waals surface area contributed by atoms with Gasteiger partial charge >= 0.3 is 0 Å². The molecule has 0 saturated heterocycles. The van der Waals surface area contributed by atoms with Gasteiger partial charge in [0.05, 0.1) is 13.1 Å². The summed E-state index contributed by atoms with van der Waals surface area (Å²) in [7, 11) is 0. The van der Waals surface area contributed by atoms with Crippen molar-refractivity contribution in [3.8, 4) is 11.4 Å². The highest BCUT2D eigenvalue weighted by molar-refractivity contribution is 7.13. The number of aliphatic imine (C=N–C) groups is 1. The van der Waals surface area contributed by atoms with Gasteiger partial charge in [0.15, 0.2) is 5.96 Å². The fraction of sp³-hybridized carbons (Fsp3) is 0.200. The number of guanidine groups is 1. The van der Waals surface area contributed by atoms with E-state index in [1.54, 1.807) is 0 Å². The van der Waals surface area contributed by atoms with Crippen LogP contribution in [0.2, 0.25) is 0 Å². The summed E-state index contributed by atoms with van der Waals surface area (Å²) in [6, 6.07) is 0. The Labute approximate surface area is 122 Å². The topological polar surface area (TPSA) is 145 Å². The molecule has 8 nitrogen and oxygen atoms in total. The SMILES string of the molecule is NCC(=O)NCc1nc(-c2csc(N=C(N)N)n2)cs1. The van der Waals surface area contributed by atoms with E-state index in [-0.39, 0.29) is 18.4 Å². The van der Waals surface area contributed by atoms with Crippen LogP contribution >= 0.6 is 22.7 Å². The molecule has 0 aliphatic heterocycles. The van der Waals surface area contributed by atoms with Gasteiger partial charge in [0.1, 0.15) is 16.4 Å². The molecule has 2 rings (SSSR count). The fourth-order valence-corrected chi connectivity index (χ4v) is 2.73. The predicted molar refractivity (Wildman–Crippen MR) is 79.6 cm³/mol. The molecule has 10 heteroatoms. The van der Waals surface area contributed by atoms with Crippen molar-refractivity contribution in [1.29, 1.82) is 0 Å². The number of hydrogen-bond donors (Lipinski definition) is 4. The second-order valence-corrected chi connectivity index (χ2v) is 5.44. The predicted octanol–water partition coefficient (Wildman–Crippen LogP) is -0.254. The second kappa shape index (κ2) is 6.41. The standard InChI is InChI=1S/C10H13N7OS2/c11-1-7(18)14-2-8-15-5(3-19-8)6-4-20-10(16-6)17-9(12)13/h3-4H,1-2,11H2,(H,14,18)(H4,12,13,16,17). The lowest BCUT2D eigenvalue weighted by molar-refractivity contribution is -0.119. The van der Waals surface area contributed by atoms with Gasteiger partial charge in [-0.2, -0.15) is 4.99 Å². The summed E-state index contributed by atoms with van der Waals surface area (Å²) in [6.07, 6.45) is 0. The van der Waals surface area contributed by atoms with Crippen LogP contribution < -0.4 is 22.5 Å². The zero-order valence-electron chi connectivity index (χ0n) is 10.4. The Morgan fingerprint density at radius 3 is 2.65 bits per heavy atom. The van der Waals surface area contributed by atoms with Crippen LogP contribution in [0.4, 0.5) is 5.13 Å². The second-order valence-electron chi connectivity index (χ2n) is 3.66. The number of carbonyl (C=O) groups excluding carboxylic acids is 1. The summed E-state index contributed by atoms with van der Waals surface area (Å²) in [5.41, 5.74) is 17.2. The van der Waals surface area contributed by atoms with Crippen LogP contribution in [0.25, 0.3) is 11.4 Å². The summed E-state index contributed by atoms with van der Waals surface area (Å²) in [6.45, 7) is 0.317. The Balaban J connectivity index is 2.06. The number of aromatic nitrogens is 2. The lowest BCUT2D eigenvalue weighted by atomic mass is 10.4. The lowest BCUT2D eigenvalue weighted by Gasteiger charge is -1.98. The van der Waals surface area contributed by atoms with E-state index in [1.807, 2.05) is 10.8 Å². The Bertz CT molecular complexity index is 629. The smallest absolute Gasteiger partial charge is 0.234 e. The van der Waals surface area contributed by atoms with Crippen LogP contribution in [-0.4, -0.2) is 28.4 Å². The van der Waals surface area contributed by atoms with E-state index in [2.05, 4.69) is 20.3 Å². The van der Waals surface area contributed by atoms with Crippen molar-refractivity contribution in [1.82, 2.24) is 15.3 Å². The molecule has 0 spiro atoms. The zero-order valence-corrected chi connectivity index (χ0v) is 12.0. The van der Waals surface area contributed by atoms with Gasteiger partial charge in [-0.25, -0.2) is 9.97 Å². The number of nitrogens with two attached hydrogens (primary N) is 3. The molecule has 2 heterocycles. The third-order valence-electron chi connectivity index (χ3n) is 2.15. The van der Waals surface area contributed by atoms with Crippen LogP contribution in [0.5, 0.6) is 0 Å². The average molecular weight is 311 g/mol. The molecule has 0 saturated carbocycles. The molecule has 0 aromatic carbocycles. The van der Waals surface area contributed by atoms with Crippen molar-refractivity contribution in [2.24, 2.45) is 22.2 Å². The molecule has 0 atom stereocenters. The van der Waals surface area contributed by atoms with Gasteiger partial charge in [0, 0.05) is 10.8 Å². The number of hydrogen-bond acceptors (Lipinski definition) is 7. The monoisotopic (exact) mass is 311 g/mol. The maximum absolute atomic E-state index is 11.1. The van der Waals surface area contributed by atoms with E-state index in [0.29, 0.717) is 17.4 Å². The highest BCUT2D eigenvalue weighted by Gasteiger charge is 2.09. The van der Waals surface area contributed by atoms with E-state index in [1.165, 1.54) is 22.7 Å². The van der Waals surface area contributed by atoms with Gasteiger partial charge in [-0.15, -0.1) is 22.7 Å². The van der Waals surface area contributed by atoms with Crippen molar-refractivity contribution in [3.63, 3.8) is 0 Å². The zero-order chi connectivity index (χ0) is 14.5. The van der Waals surface area contributed by atoms with Crippen molar-refractivity contribution >= 4 is 39.7 Å². The molecule has 0 unspecified atom stereocenters. The summed E-state index contributed by atoms with van der Waals surface area (Å²) < 4.78 is 0. The molecular formula is C10H13N7OS2. The van der Waals surface area contributed by atoms with Gasteiger partial charge in [-0.1, -0.05) is 0 Å². The maximum Gasteiger partial charge on any atom is 0.234 e. The first kappa shape index (κ1) is 14.4. The van der Waals surface area contributed by atoms with E-state index in [4.69, 9.17) is 17.2 Å². The van der Waals surface area contributed by atoms with Crippen LogP contribution in [0, 0.1) is 0 Å². The largest absolute Gasteiger partial charge is 0.370 e. The molecule has 20 heavy (non-hydrogen) atoms. The number of rotatable bonds is 5. The quantitative estimate of drug-likeness (QED) is 0.442. The fourth-order valence-electron chi connectivity index (χ4n) is 1.30. The van der Waals surface area contributed by atoms with Gasteiger partial charge in [0.2, 0.25) is 11.0 Å². The minimum atomic E-state index is -0.217. The van der Waals surface area contributed by atoms with Crippen molar-refractivity contribution in [2.75, 3.05) is 6.54 Å². The van der Waals surface area contributed by atoms with Crippen molar-refractivity contribution in [3.05, 3.63) is 15.8 Å². The number of carbonyl (C=O) groups is 1. The Morgan fingerprint density at radius 1 is 1.25 bits per heavy atom. The molecule has 0 radical (unpaired) electrons. The number of nitrogens with zero attached hydrogens (tertiary/aromatic N) is 3. The first-order valence-electron chi connectivity index (χ1n) is 5.55. The van der Waals surface area contributed by atoms with Gasteiger partial charge in [-0.05, 0) is 0 Å². The molecule has 1 amide bonds. The lowest BCUT2D eigenvalue weighted by Crippen LogP contribution is -2.29. The average Bonchev–Trinajstić information content (AvgIpc) is 3.03. The first-order valence-corrected chi connectivity index (χ1v) is 7.31. The molecule has 0 aliphatic carbocycles. The molecule has 2 aromatic rings. The Kier molecular flexibility index (Phi) is 4.61. The van der Waals surface area contributed by atoms with E-state index in [9.17, 15) is 4.79 Å². The summed E-state index contributed by atoms with van der Waals surface area (Å²) in [5.74, 6) is -0.250. The Morgan fingerprint density at radius 2 is 1.95 bits per heavy atom. The maximum atomic E-state index is 11.1. The first-order chi connectivity index (χ1) is 9.58. The van der Waals surface area contributed by atoms with E-state index >= 15 is 0 Å². The van der Waals surface area contributed by atoms with Gasteiger partial charge in [-0.3, -0.25) is 4.79 Å². The molecular weight excluding hydrogens is 298 g/mol. The van der Waals surface area contributed by atoms with Crippen LogP contribution in [-0.2, 0) is 11.3 Å². The molecule has 0 fully saturated rings. The van der Waals surface area contributed by atoms with Crippen molar-refractivity contribution < 1.29 is 4.79 Å². The highest BCUT2D eigenvalue weighted by Crippen LogP contribution is 2.27. The molecule has 7 N–H and O–H groups in total. The van der Waals surface area contributed by atoms with Crippen molar-refractivity contribution in [2.45, 2.75) is 6.54 Å². The van der Waals surface area contributed by atoms with Crippen LogP contribution in [0.3, 0.4) is 0 Å². The van der Waals surface area contributed by atoms with E-state index < -0.39 is 0 Å². The normalized spacial score (nSPS) is 10.2. The minimum Gasteiger partial charge on any atom is -0.370 e. The highest BCUT2D eigenvalue weighted by atomic mass is 32.1. The third-order valence-corrected chi connectivity index (χ3v) is 3.74. The summed E-state index contributed by atoms with van der Waals surface area (Å²) >= 11 is 2.76. The number of amides is 1. The number of nitrogens with one attached hydrogen (secondary N) is 1. The minimum absolute atomic E-state index is 0.0330. The summed E-state index contributed by atoms with van der Waals surface area (Å²) in [4.78, 5) is 23.6. The molecule has 2 aromatic heterocycles. The molecule has 0 aliphatic rings. The number of thiazole rings is 2. The van der Waals surface area contributed by atoms with Gasteiger partial charge in [0.25, 0.3) is 0 Å². The van der Waals surface area contributed by atoms with Gasteiger partial charge < -0.3 is 22.5 Å². The summed E-state index contributed by atoms with van der Waals surface area (Å²) in [5, 5.41) is 7.59. The third kappa shape index (κ3) is 3.73.